The van der Waals surface area contributed by atoms with Crippen molar-refractivity contribution in [2.75, 3.05) is 23.3 Å². The molecule has 1 N–H and O–H groups in total. The minimum atomic E-state index is -0.336. The van der Waals surface area contributed by atoms with Crippen molar-refractivity contribution in [3.8, 4) is 0 Å². The van der Waals surface area contributed by atoms with Crippen LogP contribution in [0.2, 0.25) is 0 Å². The van der Waals surface area contributed by atoms with Gasteiger partial charge in [-0.1, -0.05) is 6.92 Å². The van der Waals surface area contributed by atoms with Crippen LogP contribution in [0.4, 0.5) is 16.2 Å². The molecule has 100 valence electrons. The van der Waals surface area contributed by atoms with E-state index in [4.69, 9.17) is 0 Å². The number of rotatable bonds is 3. The largest absolute Gasteiger partial charge is 0.354 e. The Kier molecular flexibility index (Phi) is 3.99. The van der Waals surface area contributed by atoms with E-state index in [1.54, 1.807) is 0 Å². The van der Waals surface area contributed by atoms with Gasteiger partial charge in [-0.15, -0.1) is 0 Å². The standard InChI is InChI=1S/C13H21FN4/c1-4-15-13-16-8-11(14)12(17-13)18-7-5-6-9(2)10(18)3/h8-10H,4-7H2,1-3H3,(H,15,16,17). The van der Waals surface area contributed by atoms with Gasteiger partial charge < -0.3 is 10.2 Å². The Morgan fingerprint density at radius 3 is 3.00 bits per heavy atom. The van der Waals surface area contributed by atoms with Gasteiger partial charge in [-0.3, -0.25) is 0 Å². The molecule has 1 aromatic rings. The molecule has 0 spiro atoms. The molecule has 0 aromatic carbocycles. The van der Waals surface area contributed by atoms with E-state index in [0.29, 0.717) is 23.7 Å². The van der Waals surface area contributed by atoms with Crippen LogP contribution in [0.3, 0.4) is 0 Å². The molecule has 2 heterocycles. The number of nitrogens with one attached hydrogen (secondary N) is 1. The first-order valence-electron chi connectivity index (χ1n) is 6.66. The number of anilines is 2. The van der Waals surface area contributed by atoms with Crippen molar-refractivity contribution in [3.05, 3.63) is 12.0 Å². The average molecular weight is 252 g/mol. The summed E-state index contributed by atoms with van der Waals surface area (Å²) < 4.78 is 13.9. The highest BCUT2D eigenvalue weighted by Crippen LogP contribution is 2.29. The van der Waals surface area contributed by atoms with Gasteiger partial charge >= 0.3 is 0 Å². The number of halogens is 1. The molecule has 0 amide bonds. The third-order valence-electron chi connectivity index (χ3n) is 3.71. The van der Waals surface area contributed by atoms with Crippen LogP contribution in [-0.4, -0.2) is 29.1 Å². The van der Waals surface area contributed by atoms with Crippen molar-refractivity contribution in [1.82, 2.24) is 9.97 Å². The van der Waals surface area contributed by atoms with Crippen LogP contribution in [0.1, 0.15) is 33.6 Å². The zero-order valence-corrected chi connectivity index (χ0v) is 11.3. The van der Waals surface area contributed by atoms with Crippen LogP contribution in [0.25, 0.3) is 0 Å². The molecule has 18 heavy (non-hydrogen) atoms. The highest BCUT2D eigenvalue weighted by atomic mass is 19.1. The van der Waals surface area contributed by atoms with Crippen LogP contribution < -0.4 is 10.2 Å². The minimum absolute atomic E-state index is 0.317. The van der Waals surface area contributed by atoms with E-state index in [1.165, 1.54) is 12.6 Å². The topological polar surface area (TPSA) is 41.1 Å². The monoisotopic (exact) mass is 252 g/mol. The van der Waals surface area contributed by atoms with Gasteiger partial charge in [0.05, 0.1) is 6.20 Å². The summed E-state index contributed by atoms with van der Waals surface area (Å²) in [5.41, 5.74) is 0. The maximum Gasteiger partial charge on any atom is 0.224 e. The number of hydrogen-bond acceptors (Lipinski definition) is 4. The molecule has 0 radical (unpaired) electrons. The Labute approximate surface area is 108 Å². The molecule has 5 heteroatoms. The van der Waals surface area contributed by atoms with Gasteiger partial charge in [-0.05, 0) is 32.6 Å². The molecule has 4 nitrogen and oxygen atoms in total. The lowest BCUT2D eigenvalue weighted by molar-refractivity contribution is 0.358. The first-order valence-corrected chi connectivity index (χ1v) is 6.66. The molecule has 2 rings (SSSR count). The molecular weight excluding hydrogens is 231 g/mol. The predicted molar refractivity (Wildman–Crippen MR) is 71.4 cm³/mol. The Morgan fingerprint density at radius 1 is 1.50 bits per heavy atom. The normalized spacial score (nSPS) is 24.1. The van der Waals surface area contributed by atoms with Gasteiger partial charge in [0.25, 0.3) is 0 Å². The van der Waals surface area contributed by atoms with Crippen LogP contribution in [-0.2, 0) is 0 Å². The Balaban J connectivity index is 2.27. The van der Waals surface area contributed by atoms with Gasteiger partial charge in [-0.2, -0.15) is 4.98 Å². The van der Waals surface area contributed by atoms with E-state index >= 15 is 0 Å². The van der Waals surface area contributed by atoms with Gasteiger partial charge in [-0.25, -0.2) is 9.37 Å². The Hall–Kier alpha value is -1.39. The molecular formula is C13H21FN4. The lowest BCUT2D eigenvalue weighted by Crippen LogP contribution is -2.43. The highest BCUT2D eigenvalue weighted by molar-refractivity contribution is 5.45. The number of nitrogens with zero attached hydrogens (tertiary/aromatic N) is 3. The summed E-state index contributed by atoms with van der Waals surface area (Å²) in [6.45, 7) is 7.92. The van der Waals surface area contributed by atoms with E-state index in [-0.39, 0.29) is 5.82 Å². The summed E-state index contributed by atoms with van der Waals surface area (Å²) in [5, 5.41) is 3.02. The Morgan fingerprint density at radius 2 is 2.28 bits per heavy atom. The van der Waals surface area contributed by atoms with Crippen molar-refractivity contribution >= 4 is 11.8 Å². The molecule has 1 saturated heterocycles. The molecule has 0 saturated carbocycles. The van der Waals surface area contributed by atoms with Gasteiger partial charge in [0.15, 0.2) is 11.6 Å². The van der Waals surface area contributed by atoms with Gasteiger partial charge in [0.2, 0.25) is 5.95 Å². The van der Waals surface area contributed by atoms with E-state index in [9.17, 15) is 4.39 Å². The van der Waals surface area contributed by atoms with E-state index < -0.39 is 0 Å². The first kappa shape index (κ1) is 13.1. The van der Waals surface area contributed by atoms with Crippen LogP contribution >= 0.6 is 0 Å². The number of piperidine rings is 1. The predicted octanol–water partition coefficient (Wildman–Crippen LogP) is 2.67. The summed E-state index contributed by atoms with van der Waals surface area (Å²) in [4.78, 5) is 10.3. The van der Waals surface area contributed by atoms with Crippen LogP contribution in [0.15, 0.2) is 6.20 Å². The van der Waals surface area contributed by atoms with Crippen molar-refractivity contribution in [2.24, 2.45) is 5.92 Å². The average Bonchev–Trinajstić information content (AvgIpc) is 2.36. The fraction of sp³-hybridized carbons (Fsp3) is 0.692. The summed E-state index contributed by atoms with van der Waals surface area (Å²) in [6, 6.07) is 0.317. The molecule has 2 unspecified atom stereocenters. The lowest BCUT2D eigenvalue weighted by atomic mass is 9.92. The molecule has 1 aliphatic heterocycles. The zero-order valence-electron chi connectivity index (χ0n) is 11.3. The summed E-state index contributed by atoms with van der Waals surface area (Å²) in [6.07, 6.45) is 3.54. The molecule has 1 fully saturated rings. The van der Waals surface area contributed by atoms with E-state index in [1.807, 2.05) is 6.92 Å². The summed E-state index contributed by atoms with van der Waals surface area (Å²) in [7, 11) is 0. The van der Waals surface area contributed by atoms with E-state index in [0.717, 1.165) is 19.5 Å². The second-order valence-electron chi connectivity index (χ2n) is 4.95. The van der Waals surface area contributed by atoms with Crippen LogP contribution in [0, 0.1) is 11.7 Å². The minimum Gasteiger partial charge on any atom is -0.354 e. The molecule has 0 bridgehead atoms. The molecule has 1 aromatic heterocycles. The fourth-order valence-electron chi connectivity index (χ4n) is 2.44. The van der Waals surface area contributed by atoms with Crippen molar-refractivity contribution in [2.45, 2.75) is 39.7 Å². The van der Waals surface area contributed by atoms with Crippen molar-refractivity contribution < 1.29 is 4.39 Å². The van der Waals surface area contributed by atoms with Crippen molar-refractivity contribution in [3.63, 3.8) is 0 Å². The maximum atomic E-state index is 13.9. The second-order valence-corrected chi connectivity index (χ2v) is 4.95. The quantitative estimate of drug-likeness (QED) is 0.898. The highest BCUT2D eigenvalue weighted by Gasteiger charge is 2.27. The summed E-state index contributed by atoms with van der Waals surface area (Å²) in [5.74, 6) is 1.16. The fourth-order valence-corrected chi connectivity index (χ4v) is 2.44. The third kappa shape index (κ3) is 2.54. The number of aromatic nitrogens is 2. The summed E-state index contributed by atoms with van der Waals surface area (Å²) >= 11 is 0. The molecule has 0 aliphatic carbocycles. The smallest absolute Gasteiger partial charge is 0.224 e. The number of hydrogen-bond donors (Lipinski definition) is 1. The van der Waals surface area contributed by atoms with E-state index in [2.05, 4.69) is 34.0 Å². The third-order valence-corrected chi connectivity index (χ3v) is 3.71. The molecule has 2 atom stereocenters. The SMILES string of the molecule is CCNc1ncc(F)c(N2CCCC(C)C2C)n1. The lowest BCUT2D eigenvalue weighted by Gasteiger charge is -2.38. The van der Waals surface area contributed by atoms with Crippen LogP contribution in [0.5, 0.6) is 0 Å². The van der Waals surface area contributed by atoms with Crippen molar-refractivity contribution in [1.29, 1.82) is 0 Å². The Bertz CT molecular complexity index is 410. The molecule has 1 aliphatic rings. The van der Waals surface area contributed by atoms with Gasteiger partial charge in [0.1, 0.15) is 0 Å². The second kappa shape index (κ2) is 5.50. The first-order chi connectivity index (χ1) is 8.63. The maximum absolute atomic E-state index is 13.9. The van der Waals surface area contributed by atoms with Gasteiger partial charge in [0, 0.05) is 19.1 Å². The zero-order chi connectivity index (χ0) is 13.1.